The number of halogens is 1. The molecule has 1 aromatic rings. The molecule has 1 unspecified atom stereocenters. The lowest BCUT2D eigenvalue weighted by atomic mass is 10.00. The van der Waals surface area contributed by atoms with Crippen LogP contribution in [0.25, 0.3) is 0 Å². The van der Waals surface area contributed by atoms with Gasteiger partial charge in [0, 0.05) is 23.2 Å². The third kappa shape index (κ3) is 3.22. The van der Waals surface area contributed by atoms with Crippen molar-refractivity contribution < 1.29 is 0 Å². The topological polar surface area (TPSA) is 29.3 Å². The lowest BCUT2D eigenvalue weighted by molar-refractivity contribution is 0.176. The average Bonchev–Trinajstić information content (AvgIpc) is 2.15. The number of anilines is 1. The average molecular weight is 283 g/mol. The highest BCUT2D eigenvalue weighted by Gasteiger charge is 2.16. The zero-order valence-electron chi connectivity index (χ0n) is 9.75. The van der Waals surface area contributed by atoms with Crippen molar-refractivity contribution in [3.63, 3.8) is 0 Å². The van der Waals surface area contributed by atoms with Crippen molar-refractivity contribution in [1.82, 2.24) is 4.90 Å². The lowest BCUT2D eigenvalue weighted by Gasteiger charge is -2.30. The number of hydrogen-bond donors (Lipinski definition) is 1. The third-order valence-corrected chi connectivity index (χ3v) is 3.59. The van der Waals surface area contributed by atoms with Crippen LogP contribution in [0.15, 0.2) is 22.7 Å². The predicted molar refractivity (Wildman–Crippen MR) is 72.2 cm³/mol. The largest absolute Gasteiger partial charge is 0.399 e. The molecular formula is C13H19BrN2. The second kappa shape index (κ2) is 5.19. The van der Waals surface area contributed by atoms with E-state index in [1.807, 2.05) is 6.07 Å². The van der Waals surface area contributed by atoms with Crippen molar-refractivity contribution in [1.29, 1.82) is 0 Å². The Morgan fingerprint density at radius 2 is 2.25 bits per heavy atom. The molecule has 0 radical (unpaired) electrons. The summed E-state index contributed by atoms with van der Waals surface area (Å²) < 4.78 is 1.08. The molecule has 3 heteroatoms. The van der Waals surface area contributed by atoms with Crippen LogP contribution in [0.1, 0.15) is 25.3 Å². The van der Waals surface area contributed by atoms with Gasteiger partial charge in [-0.15, -0.1) is 0 Å². The van der Waals surface area contributed by atoms with Crippen LogP contribution in [-0.4, -0.2) is 18.0 Å². The molecule has 0 aromatic heterocycles. The summed E-state index contributed by atoms with van der Waals surface area (Å²) in [5, 5.41) is 0. The molecule has 0 aliphatic carbocycles. The maximum absolute atomic E-state index is 5.84. The maximum Gasteiger partial charge on any atom is 0.0328 e. The molecule has 1 heterocycles. The van der Waals surface area contributed by atoms with E-state index in [4.69, 9.17) is 5.73 Å². The fourth-order valence-electron chi connectivity index (χ4n) is 2.46. The molecule has 16 heavy (non-hydrogen) atoms. The highest BCUT2D eigenvalue weighted by atomic mass is 79.9. The van der Waals surface area contributed by atoms with Gasteiger partial charge in [-0.1, -0.05) is 22.9 Å². The molecule has 1 aliphatic rings. The van der Waals surface area contributed by atoms with E-state index >= 15 is 0 Å². The van der Waals surface area contributed by atoms with Gasteiger partial charge in [0.25, 0.3) is 0 Å². The number of hydrogen-bond acceptors (Lipinski definition) is 2. The molecule has 1 aromatic carbocycles. The third-order valence-electron chi connectivity index (χ3n) is 3.13. The lowest BCUT2D eigenvalue weighted by Crippen LogP contribution is -2.33. The van der Waals surface area contributed by atoms with E-state index in [1.165, 1.54) is 31.5 Å². The Balaban J connectivity index is 2.02. The maximum atomic E-state index is 5.84. The van der Waals surface area contributed by atoms with Gasteiger partial charge < -0.3 is 5.73 Å². The molecule has 0 amide bonds. The molecule has 1 saturated heterocycles. The molecule has 0 saturated carbocycles. The minimum absolute atomic E-state index is 0.832. The van der Waals surface area contributed by atoms with Crippen molar-refractivity contribution in [3.8, 4) is 0 Å². The van der Waals surface area contributed by atoms with E-state index in [9.17, 15) is 0 Å². The molecule has 2 nitrogen and oxygen atoms in total. The predicted octanol–water partition coefficient (Wildman–Crippen LogP) is 3.26. The highest BCUT2D eigenvalue weighted by Crippen LogP contribution is 2.21. The molecule has 0 spiro atoms. The Kier molecular flexibility index (Phi) is 3.87. The van der Waals surface area contributed by atoms with Gasteiger partial charge in [-0.25, -0.2) is 0 Å². The van der Waals surface area contributed by atoms with Crippen LogP contribution in [0.3, 0.4) is 0 Å². The van der Waals surface area contributed by atoms with E-state index < -0.39 is 0 Å². The Bertz CT molecular complexity index is 345. The minimum atomic E-state index is 0.832. The molecule has 2 N–H and O–H groups in total. The van der Waals surface area contributed by atoms with Crippen LogP contribution in [0.4, 0.5) is 5.69 Å². The van der Waals surface area contributed by atoms with Crippen LogP contribution in [-0.2, 0) is 6.54 Å². The summed E-state index contributed by atoms with van der Waals surface area (Å²) in [7, 11) is 0. The quantitative estimate of drug-likeness (QED) is 0.844. The van der Waals surface area contributed by atoms with Crippen molar-refractivity contribution >= 4 is 21.6 Å². The molecule has 88 valence electrons. The number of piperidine rings is 1. The number of benzene rings is 1. The fraction of sp³-hybridized carbons (Fsp3) is 0.538. The number of likely N-dealkylation sites (tertiary alicyclic amines) is 1. The van der Waals surface area contributed by atoms with Gasteiger partial charge in [0.15, 0.2) is 0 Å². The van der Waals surface area contributed by atoms with E-state index in [0.717, 1.165) is 22.6 Å². The van der Waals surface area contributed by atoms with Gasteiger partial charge in [-0.3, -0.25) is 4.90 Å². The smallest absolute Gasteiger partial charge is 0.0328 e. The first-order chi connectivity index (χ1) is 7.63. The number of nitrogens with two attached hydrogens (primary N) is 1. The van der Waals surface area contributed by atoms with E-state index in [0.29, 0.717) is 0 Å². The molecule has 1 atom stereocenters. The minimum Gasteiger partial charge on any atom is -0.399 e. The van der Waals surface area contributed by atoms with Crippen molar-refractivity contribution in [2.75, 3.05) is 18.8 Å². The summed E-state index contributed by atoms with van der Waals surface area (Å²) in [6.07, 6.45) is 2.70. The molecular weight excluding hydrogens is 264 g/mol. The first kappa shape index (κ1) is 11.9. The summed E-state index contributed by atoms with van der Waals surface area (Å²) in [4.78, 5) is 2.52. The summed E-state index contributed by atoms with van der Waals surface area (Å²) in [5.74, 6) is 0.832. The van der Waals surface area contributed by atoms with Crippen LogP contribution in [0.2, 0.25) is 0 Å². The van der Waals surface area contributed by atoms with E-state index in [-0.39, 0.29) is 0 Å². The van der Waals surface area contributed by atoms with Gasteiger partial charge in [-0.2, -0.15) is 0 Å². The van der Waals surface area contributed by atoms with Crippen molar-refractivity contribution in [2.24, 2.45) is 5.92 Å². The second-order valence-electron chi connectivity index (χ2n) is 4.88. The summed E-state index contributed by atoms with van der Waals surface area (Å²) in [6.45, 7) is 5.79. The van der Waals surface area contributed by atoms with Gasteiger partial charge in [0.2, 0.25) is 0 Å². The summed E-state index contributed by atoms with van der Waals surface area (Å²) in [6, 6.07) is 6.18. The van der Waals surface area contributed by atoms with Crippen LogP contribution in [0, 0.1) is 5.92 Å². The highest BCUT2D eigenvalue weighted by molar-refractivity contribution is 9.10. The second-order valence-corrected chi connectivity index (χ2v) is 5.79. The Morgan fingerprint density at radius 3 is 2.94 bits per heavy atom. The fourth-order valence-corrected chi connectivity index (χ4v) is 3.01. The van der Waals surface area contributed by atoms with Crippen LogP contribution in [0.5, 0.6) is 0 Å². The van der Waals surface area contributed by atoms with Crippen molar-refractivity contribution in [3.05, 3.63) is 28.2 Å². The monoisotopic (exact) mass is 282 g/mol. The number of rotatable bonds is 2. The summed E-state index contributed by atoms with van der Waals surface area (Å²) in [5.41, 5.74) is 7.99. The molecule has 2 rings (SSSR count). The van der Waals surface area contributed by atoms with Gasteiger partial charge >= 0.3 is 0 Å². The van der Waals surface area contributed by atoms with Gasteiger partial charge in [0.1, 0.15) is 0 Å². The van der Waals surface area contributed by atoms with Crippen LogP contribution < -0.4 is 5.73 Å². The zero-order valence-corrected chi connectivity index (χ0v) is 11.3. The van der Waals surface area contributed by atoms with E-state index in [1.54, 1.807) is 0 Å². The van der Waals surface area contributed by atoms with Crippen LogP contribution >= 0.6 is 15.9 Å². The first-order valence-electron chi connectivity index (χ1n) is 5.91. The number of nitrogens with zero attached hydrogens (tertiary/aromatic N) is 1. The molecule has 1 aliphatic heterocycles. The summed E-state index contributed by atoms with van der Waals surface area (Å²) >= 11 is 3.49. The number of nitrogen functional groups attached to an aromatic ring is 1. The van der Waals surface area contributed by atoms with Gasteiger partial charge in [0.05, 0.1) is 0 Å². The van der Waals surface area contributed by atoms with Gasteiger partial charge in [-0.05, 0) is 49.1 Å². The standard InChI is InChI=1S/C13H19BrN2/c1-10-3-2-4-16(8-10)9-11-5-12(14)7-13(15)6-11/h5-7,10H,2-4,8-9,15H2,1H3. The van der Waals surface area contributed by atoms with E-state index in [2.05, 4.69) is 39.9 Å². The SMILES string of the molecule is CC1CCCN(Cc2cc(N)cc(Br)c2)C1. The molecule has 1 fully saturated rings. The normalized spacial score (nSPS) is 22.2. The Morgan fingerprint density at radius 1 is 1.44 bits per heavy atom. The Hall–Kier alpha value is -0.540. The first-order valence-corrected chi connectivity index (χ1v) is 6.70. The Labute approximate surface area is 106 Å². The molecule has 0 bridgehead atoms. The van der Waals surface area contributed by atoms with Crippen molar-refractivity contribution in [2.45, 2.75) is 26.3 Å². The zero-order chi connectivity index (χ0) is 11.5.